The van der Waals surface area contributed by atoms with E-state index in [0.717, 1.165) is 19.4 Å². The Bertz CT molecular complexity index is 183. The van der Waals surface area contributed by atoms with E-state index in [1.165, 1.54) is 7.11 Å². The van der Waals surface area contributed by atoms with Gasteiger partial charge in [0.15, 0.2) is 0 Å². The first kappa shape index (κ1) is 15.4. The molecule has 0 saturated carbocycles. The topological polar surface area (TPSA) is 47.6 Å². The molecule has 4 heteroatoms. The van der Waals surface area contributed by atoms with Gasteiger partial charge in [0.2, 0.25) is 0 Å². The predicted molar refractivity (Wildman–Crippen MR) is 64.4 cm³/mol. The van der Waals surface area contributed by atoms with Crippen molar-refractivity contribution < 1.29 is 14.3 Å². The van der Waals surface area contributed by atoms with E-state index in [1.807, 2.05) is 13.8 Å². The van der Waals surface area contributed by atoms with Crippen LogP contribution in [0.4, 0.5) is 0 Å². The van der Waals surface area contributed by atoms with Gasteiger partial charge >= 0.3 is 5.97 Å². The number of hydrogen-bond acceptors (Lipinski definition) is 4. The molecule has 0 rings (SSSR count). The Hall–Kier alpha value is -0.610. The summed E-state index contributed by atoms with van der Waals surface area (Å²) >= 11 is 0. The van der Waals surface area contributed by atoms with Crippen molar-refractivity contribution >= 4 is 5.97 Å². The number of esters is 1. The normalized spacial score (nSPS) is 12.8. The molecule has 0 heterocycles. The first-order valence-electron chi connectivity index (χ1n) is 6.03. The summed E-state index contributed by atoms with van der Waals surface area (Å²) in [6.07, 6.45) is 2.86. The summed E-state index contributed by atoms with van der Waals surface area (Å²) in [4.78, 5) is 11.4. The summed E-state index contributed by atoms with van der Waals surface area (Å²) < 4.78 is 10.2. The SMILES string of the molecule is CCCCOCCC(NC(C)C)C(=O)OC. The third-order valence-electron chi connectivity index (χ3n) is 2.21. The molecule has 96 valence electrons. The second kappa shape index (κ2) is 9.60. The number of nitrogens with one attached hydrogen (secondary N) is 1. The number of carbonyl (C=O) groups excluding carboxylic acids is 1. The fourth-order valence-electron chi connectivity index (χ4n) is 1.36. The summed E-state index contributed by atoms with van der Waals surface area (Å²) in [6.45, 7) is 7.51. The molecule has 4 nitrogen and oxygen atoms in total. The van der Waals surface area contributed by atoms with Crippen molar-refractivity contribution in [2.75, 3.05) is 20.3 Å². The van der Waals surface area contributed by atoms with Gasteiger partial charge in [0.1, 0.15) is 6.04 Å². The van der Waals surface area contributed by atoms with Gasteiger partial charge in [-0.2, -0.15) is 0 Å². The van der Waals surface area contributed by atoms with Gasteiger partial charge in [0, 0.05) is 19.3 Å². The maximum Gasteiger partial charge on any atom is 0.322 e. The number of rotatable bonds is 9. The van der Waals surface area contributed by atoms with Crippen LogP contribution in [0.1, 0.15) is 40.0 Å². The van der Waals surface area contributed by atoms with Gasteiger partial charge in [-0.05, 0) is 12.8 Å². The first-order valence-corrected chi connectivity index (χ1v) is 6.03. The minimum absolute atomic E-state index is 0.215. The van der Waals surface area contributed by atoms with Crippen molar-refractivity contribution in [2.24, 2.45) is 0 Å². The van der Waals surface area contributed by atoms with Crippen LogP contribution in [0.3, 0.4) is 0 Å². The van der Waals surface area contributed by atoms with Crippen LogP contribution in [0.15, 0.2) is 0 Å². The summed E-state index contributed by atoms with van der Waals surface area (Å²) in [6, 6.07) is 0.00590. The van der Waals surface area contributed by atoms with Crippen LogP contribution in [0.5, 0.6) is 0 Å². The Balaban J connectivity index is 3.79. The van der Waals surface area contributed by atoms with Crippen LogP contribution in [0, 0.1) is 0 Å². The molecule has 1 unspecified atom stereocenters. The molecule has 0 aromatic heterocycles. The molecule has 0 saturated heterocycles. The van der Waals surface area contributed by atoms with Gasteiger partial charge in [-0.25, -0.2) is 0 Å². The first-order chi connectivity index (χ1) is 7.61. The highest BCUT2D eigenvalue weighted by atomic mass is 16.5. The minimum atomic E-state index is -0.258. The van der Waals surface area contributed by atoms with Gasteiger partial charge in [-0.15, -0.1) is 0 Å². The summed E-state index contributed by atoms with van der Waals surface area (Å²) in [5.41, 5.74) is 0. The van der Waals surface area contributed by atoms with E-state index >= 15 is 0 Å². The van der Waals surface area contributed by atoms with Gasteiger partial charge in [-0.3, -0.25) is 4.79 Å². The molecular formula is C12H25NO3. The average Bonchev–Trinajstić information content (AvgIpc) is 2.25. The lowest BCUT2D eigenvalue weighted by Crippen LogP contribution is -2.42. The third kappa shape index (κ3) is 7.65. The molecule has 0 fully saturated rings. The molecular weight excluding hydrogens is 206 g/mol. The molecule has 0 bridgehead atoms. The number of hydrogen-bond donors (Lipinski definition) is 1. The molecule has 0 aliphatic rings. The molecule has 0 aromatic carbocycles. The molecule has 0 amide bonds. The zero-order valence-corrected chi connectivity index (χ0v) is 10.9. The lowest BCUT2D eigenvalue weighted by Gasteiger charge is -2.18. The van der Waals surface area contributed by atoms with E-state index in [1.54, 1.807) is 0 Å². The van der Waals surface area contributed by atoms with Crippen molar-refractivity contribution in [3.63, 3.8) is 0 Å². The van der Waals surface area contributed by atoms with Crippen molar-refractivity contribution in [3.8, 4) is 0 Å². The van der Waals surface area contributed by atoms with E-state index < -0.39 is 0 Å². The fraction of sp³-hybridized carbons (Fsp3) is 0.917. The highest BCUT2D eigenvalue weighted by molar-refractivity contribution is 5.75. The van der Waals surface area contributed by atoms with Crippen LogP contribution in [-0.4, -0.2) is 38.4 Å². The largest absolute Gasteiger partial charge is 0.468 e. The fourth-order valence-corrected chi connectivity index (χ4v) is 1.36. The van der Waals surface area contributed by atoms with E-state index in [4.69, 9.17) is 9.47 Å². The van der Waals surface area contributed by atoms with Crippen LogP contribution >= 0.6 is 0 Å². The van der Waals surface area contributed by atoms with Crippen LogP contribution in [0.2, 0.25) is 0 Å². The molecule has 1 N–H and O–H groups in total. The molecule has 0 spiro atoms. The van der Waals surface area contributed by atoms with Gasteiger partial charge in [-0.1, -0.05) is 27.2 Å². The smallest absolute Gasteiger partial charge is 0.322 e. The van der Waals surface area contributed by atoms with Crippen molar-refractivity contribution in [3.05, 3.63) is 0 Å². The molecule has 16 heavy (non-hydrogen) atoms. The highest BCUT2D eigenvalue weighted by Crippen LogP contribution is 1.99. The third-order valence-corrected chi connectivity index (χ3v) is 2.21. The maximum absolute atomic E-state index is 11.4. The quantitative estimate of drug-likeness (QED) is 0.485. The summed E-state index contributed by atoms with van der Waals surface area (Å²) in [5.74, 6) is -0.215. The highest BCUT2D eigenvalue weighted by Gasteiger charge is 2.19. The lowest BCUT2D eigenvalue weighted by molar-refractivity contribution is -0.143. The Morgan fingerprint density at radius 1 is 1.31 bits per heavy atom. The van der Waals surface area contributed by atoms with Gasteiger partial charge in [0.25, 0.3) is 0 Å². The molecule has 0 radical (unpaired) electrons. The standard InChI is InChI=1S/C12H25NO3/c1-5-6-8-16-9-7-11(12(14)15-4)13-10(2)3/h10-11,13H,5-9H2,1-4H3. The van der Waals surface area contributed by atoms with Crippen LogP contribution in [-0.2, 0) is 14.3 Å². The zero-order valence-electron chi connectivity index (χ0n) is 10.9. The predicted octanol–water partition coefficient (Wildman–Crippen LogP) is 1.73. The second-order valence-corrected chi connectivity index (χ2v) is 4.15. The van der Waals surface area contributed by atoms with Crippen LogP contribution < -0.4 is 5.32 Å². The summed E-state index contributed by atoms with van der Waals surface area (Å²) in [5, 5.41) is 3.17. The average molecular weight is 231 g/mol. The van der Waals surface area contributed by atoms with Gasteiger partial charge < -0.3 is 14.8 Å². The number of unbranched alkanes of at least 4 members (excludes halogenated alkanes) is 1. The van der Waals surface area contributed by atoms with Crippen LogP contribution in [0.25, 0.3) is 0 Å². The molecule has 0 aliphatic carbocycles. The Morgan fingerprint density at radius 2 is 2.00 bits per heavy atom. The van der Waals surface area contributed by atoms with Crippen molar-refractivity contribution in [1.29, 1.82) is 0 Å². The Labute approximate surface area is 98.7 Å². The van der Waals surface area contributed by atoms with Crippen molar-refractivity contribution in [2.45, 2.75) is 52.1 Å². The van der Waals surface area contributed by atoms with E-state index in [0.29, 0.717) is 13.0 Å². The summed E-state index contributed by atoms with van der Waals surface area (Å²) in [7, 11) is 1.41. The lowest BCUT2D eigenvalue weighted by atomic mass is 10.2. The second-order valence-electron chi connectivity index (χ2n) is 4.15. The molecule has 0 aromatic rings. The monoisotopic (exact) mass is 231 g/mol. The minimum Gasteiger partial charge on any atom is -0.468 e. The zero-order chi connectivity index (χ0) is 12.4. The van der Waals surface area contributed by atoms with E-state index in [-0.39, 0.29) is 18.1 Å². The molecule has 1 atom stereocenters. The number of carbonyl (C=O) groups is 1. The van der Waals surface area contributed by atoms with Crippen molar-refractivity contribution in [1.82, 2.24) is 5.32 Å². The number of methoxy groups -OCH3 is 1. The Kier molecular flexibility index (Phi) is 9.24. The Morgan fingerprint density at radius 3 is 2.50 bits per heavy atom. The molecule has 0 aliphatic heterocycles. The van der Waals surface area contributed by atoms with E-state index in [9.17, 15) is 4.79 Å². The van der Waals surface area contributed by atoms with E-state index in [2.05, 4.69) is 12.2 Å². The maximum atomic E-state index is 11.4. The number of ether oxygens (including phenoxy) is 2. The van der Waals surface area contributed by atoms with Gasteiger partial charge in [0.05, 0.1) is 7.11 Å².